The lowest BCUT2D eigenvalue weighted by Crippen LogP contribution is -2.32. The van der Waals surface area contributed by atoms with E-state index in [1.807, 2.05) is 19.9 Å². The van der Waals surface area contributed by atoms with Crippen molar-refractivity contribution < 1.29 is 14.6 Å². The summed E-state index contributed by atoms with van der Waals surface area (Å²) in [5.74, 6) is 0.0360. The zero-order valence-corrected chi connectivity index (χ0v) is 13.2. The van der Waals surface area contributed by atoms with Gasteiger partial charge in [0.05, 0.1) is 12.7 Å². The highest BCUT2D eigenvalue weighted by atomic mass is 16.5. The van der Waals surface area contributed by atoms with Gasteiger partial charge in [0.1, 0.15) is 6.10 Å². The molecular weight excluding hydrogens is 254 g/mol. The number of hydrogen-bond acceptors (Lipinski definition) is 4. The van der Waals surface area contributed by atoms with Gasteiger partial charge in [-0.15, -0.1) is 0 Å². The van der Waals surface area contributed by atoms with Gasteiger partial charge in [0.25, 0.3) is 0 Å². The van der Waals surface area contributed by atoms with Crippen molar-refractivity contribution in [3.63, 3.8) is 0 Å². The van der Waals surface area contributed by atoms with Gasteiger partial charge in [0.15, 0.2) is 0 Å². The van der Waals surface area contributed by atoms with Crippen LogP contribution in [-0.2, 0) is 9.47 Å². The number of methoxy groups -OCH3 is 1. The largest absolute Gasteiger partial charge is 0.389 e. The number of aliphatic hydroxyl groups excluding tert-OH is 1. The molecule has 0 aromatic rings. The SMILES string of the molecule is CO[C@H]1/C=C/CN(C)CCCOC/C(C)=C\[C@@H](C)[C@@H]1O. The predicted molar refractivity (Wildman–Crippen MR) is 81.8 cm³/mol. The van der Waals surface area contributed by atoms with Crippen LogP contribution < -0.4 is 0 Å². The van der Waals surface area contributed by atoms with E-state index >= 15 is 0 Å². The van der Waals surface area contributed by atoms with Crippen LogP contribution >= 0.6 is 0 Å². The number of likely N-dealkylation sites (N-methyl/N-ethyl adjacent to an activating group) is 1. The first kappa shape index (κ1) is 17.4. The van der Waals surface area contributed by atoms with Crippen LogP contribution in [0.15, 0.2) is 23.8 Å². The second-order valence-corrected chi connectivity index (χ2v) is 5.66. The molecule has 4 nitrogen and oxygen atoms in total. The van der Waals surface area contributed by atoms with E-state index in [1.165, 1.54) is 0 Å². The minimum atomic E-state index is -0.542. The second kappa shape index (κ2) is 9.29. The summed E-state index contributed by atoms with van der Waals surface area (Å²) in [7, 11) is 3.72. The second-order valence-electron chi connectivity index (χ2n) is 5.66. The van der Waals surface area contributed by atoms with Crippen molar-refractivity contribution in [3.05, 3.63) is 23.8 Å². The zero-order valence-electron chi connectivity index (χ0n) is 13.2. The maximum absolute atomic E-state index is 10.4. The van der Waals surface area contributed by atoms with E-state index in [9.17, 15) is 5.11 Å². The quantitative estimate of drug-likeness (QED) is 0.746. The predicted octanol–water partition coefficient (Wildman–Crippen LogP) is 1.85. The molecule has 0 bridgehead atoms. The fourth-order valence-electron chi connectivity index (χ4n) is 2.36. The van der Waals surface area contributed by atoms with Crippen LogP contribution in [0.25, 0.3) is 0 Å². The van der Waals surface area contributed by atoms with Crippen molar-refractivity contribution >= 4 is 0 Å². The van der Waals surface area contributed by atoms with Crippen LogP contribution in [0.1, 0.15) is 20.3 Å². The smallest absolute Gasteiger partial charge is 0.102 e. The lowest BCUT2D eigenvalue weighted by atomic mass is 9.97. The van der Waals surface area contributed by atoms with Crippen LogP contribution in [0.4, 0.5) is 0 Å². The van der Waals surface area contributed by atoms with Crippen LogP contribution in [0.2, 0.25) is 0 Å². The summed E-state index contributed by atoms with van der Waals surface area (Å²) in [6, 6.07) is 0. The van der Waals surface area contributed by atoms with E-state index in [-0.39, 0.29) is 12.0 Å². The Bertz CT molecular complexity index is 328. The van der Waals surface area contributed by atoms with Crippen molar-refractivity contribution in [2.24, 2.45) is 5.92 Å². The Labute approximate surface area is 123 Å². The molecule has 0 aromatic carbocycles. The molecule has 1 aliphatic rings. The van der Waals surface area contributed by atoms with Gasteiger partial charge in [-0.2, -0.15) is 0 Å². The van der Waals surface area contributed by atoms with E-state index < -0.39 is 6.10 Å². The first-order valence-corrected chi connectivity index (χ1v) is 7.35. The van der Waals surface area contributed by atoms with Crippen molar-refractivity contribution in [2.75, 3.05) is 40.5 Å². The Hall–Kier alpha value is -0.680. The highest BCUT2D eigenvalue weighted by molar-refractivity contribution is 5.06. The third-order valence-electron chi connectivity index (χ3n) is 3.60. The average Bonchev–Trinajstić information content (AvgIpc) is 2.41. The Kier molecular flexibility index (Phi) is 8.07. The number of aliphatic hydroxyl groups is 1. The molecule has 4 heteroatoms. The van der Waals surface area contributed by atoms with Crippen molar-refractivity contribution in [2.45, 2.75) is 32.5 Å². The lowest BCUT2D eigenvalue weighted by molar-refractivity contribution is -0.00213. The fraction of sp³-hybridized carbons (Fsp3) is 0.750. The first-order valence-electron chi connectivity index (χ1n) is 7.35. The molecule has 0 amide bonds. The fourth-order valence-corrected chi connectivity index (χ4v) is 2.36. The van der Waals surface area contributed by atoms with E-state index in [0.717, 1.165) is 31.7 Å². The van der Waals surface area contributed by atoms with Gasteiger partial charge >= 0.3 is 0 Å². The van der Waals surface area contributed by atoms with E-state index in [2.05, 4.69) is 24.1 Å². The summed E-state index contributed by atoms with van der Waals surface area (Å²) in [6.45, 7) is 7.32. The number of rotatable bonds is 1. The van der Waals surface area contributed by atoms with Crippen LogP contribution in [-0.4, -0.2) is 62.7 Å². The third kappa shape index (κ3) is 6.18. The Balaban J connectivity index is 2.77. The Morgan fingerprint density at radius 2 is 2.20 bits per heavy atom. The molecule has 0 fully saturated rings. The molecule has 0 saturated heterocycles. The van der Waals surface area contributed by atoms with Crippen molar-refractivity contribution in [1.29, 1.82) is 0 Å². The highest BCUT2D eigenvalue weighted by Crippen LogP contribution is 2.15. The maximum Gasteiger partial charge on any atom is 0.102 e. The maximum atomic E-state index is 10.4. The monoisotopic (exact) mass is 283 g/mol. The molecular formula is C16H29NO3. The minimum absolute atomic E-state index is 0.0360. The van der Waals surface area contributed by atoms with Crippen LogP contribution in [0.5, 0.6) is 0 Å². The minimum Gasteiger partial charge on any atom is -0.389 e. The molecule has 3 atom stereocenters. The normalized spacial score (nSPS) is 35.9. The average molecular weight is 283 g/mol. The number of nitrogens with zero attached hydrogens (tertiary/aromatic N) is 1. The van der Waals surface area contributed by atoms with Gasteiger partial charge in [0, 0.05) is 32.7 Å². The number of hydrogen-bond donors (Lipinski definition) is 1. The van der Waals surface area contributed by atoms with Gasteiger partial charge in [-0.05, 0) is 20.4 Å². The molecule has 0 aromatic heterocycles. The standard InChI is InChI=1S/C16H29NO3/c1-13-11-14(2)16(18)15(19-4)7-5-8-17(3)9-6-10-20-12-13/h5,7,11,14-16,18H,6,8-10,12H2,1-4H3/b7-5+,13-11-/t14-,15+,16+/m1/s1. The molecule has 1 N–H and O–H groups in total. The van der Waals surface area contributed by atoms with Gasteiger partial charge in [0.2, 0.25) is 0 Å². The molecule has 20 heavy (non-hydrogen) atoms. The highest BCUT2D eigenvalue weighted by Gasteiger charge is 2.21. The molecule has 0 spiro atoms. The van der Waals surface area contributed by atoms with Gasteiger partial charge < -0.3 is 19.5 Å². The first-order chi connectivity index (χ1) is 9.54. The molecule has 0 unspecified atom stereocenters. The number of ether oxygens (including phenoxy) is 2. The molecule has 0 saturated carbocycles. The van der Waals surface area contributed by atoms with Gasteiger partial charge in [-0.25, -0.2) is 0 Å². The Morgan fingerprint density at radius 1 is 1.45 bits per heavy atom. The topological polar surface area (TPSA) is 41.9 Å². The van der Waals surface area contributed by atoms with Crippen molar-refractivity contribution in [1.82, 2.24) is 4.90 Å². The molecule has 0 radical (unpaired) electrons. The van der Waals surface area contributed by atoms with Gasteiger partial charge in [-0.1, -0.05) is 30.7 Å². The van der Waals surface area contributed by atoms with Crippen LogP contribution in [0.3, 0.4) is 0 Å². The molecule has 1 aliphatic heterocycles. The van der Waals surface area contributed by atoms with E-state index in [4.69, 9.17) is 9.47 Å². The zero-order chi connectivity index (χ0) is 15.0. The lowest BCUT2D eigenvalue weighted by Gasteiger charge is -2.24. The molecule has 1 rings (SSSR count). The summed E-state index contributed by atoms with van der Waals surface area (Å²) < 4.78 is 11.0. The molecule has 1 heterocycles. The third-order valence-corrected chi connectivity index (χ3v) is 3.60. The summed E-state index contributed by atoms with van der Waals surface area (Å²) in [4.78, 5) is 2.23. The molecule has 116 valence electrons. The summed E-state index contributed by atoms with van der Waals surface area (Å²) in [5, 5.41) is 10.4. The van der Waals surface area contributed by atoms with Crippen LogP contribution in [0, 0.1) is 5.92 Å². The van der Waals surface area contributed by atoms with E-state index in [1.54, 1.807) is 7.11 Å². The summed E-state index contributed by atoms with van der Waals surface area (Å²) in [6.07, 6.45) is 6.31. The summed E-state index contributed by atoms with van der Waals surface area (Å²) in [5.41, 5.74) is 1.15. The van der Waals surface area contributed by atoms with Crippen molar-refractivity contribution in [3.8, 4) is 0 Å². The van der Waals surface area contributed by atoms with Gasteiger partial charge in [-0.3, -0.25) is 0 Å². The Morgan fingerprint density at radius 3 is 2.90 bits per heavy atom. The summed E-state index contributed by atoms with van der Waals surface area (Å²) >= 11 is 0. The molecule has 0 aliphatic carbocycles. The van der Waals surface area contributed by atoms with E-state index in [0.29, 0.717) is 6.61 Å².